The van der Waals surface area contributed by atoms with E-state index in [-0.39, 0.29) is 12.4 Å². The van der Waals surface area contributed by atoms with Gasteiger partial charge < -0.3 is 4.74 Å². The third-order valence-electron chi connectivity index (χ3n) is 2.21. The molecule has 0 saturated carbocycles. The maximum absolute atomic E-state index is 11.1. The highest BCUT2D eigenvalue weighted by atomic mass is 35.5. The van der Waals surface area contributed by atoms with E-state index in [2.05, 4.69) is 20.3 Å². The standard InChI is InChI=1S/C10H9ClN4O2/c1-17-10(16)4-7-2-3-8(5-9(7)11)15-6-12-13-14-15/h2-3,5-6H,4H2,1H3. The number of carbonyl (C=O) groups is 1. The van der Waals surface area contributed by atoms with Crippen molar-refractivity contribution in [3.05, 3.63) is 35.1 Å². The van der Waals surface area contributed by atoms with Crippen molar-refractivity contribution in [3.8, 4) is 5.69 Å². The molecule has 0 unspecified atom stereocenters. The summed E-state index contributed by atoms with van der Waals surface area (Å²) in [5.41, 5.74) is 1.43. The van der Waals surface area contributed by atoms with Gasteiger partial charge in [0.25, 0.3) is 0 Å². The van der Waals surface area contributed by atoms with E-state index in [1.165, 1.54) is 18.1 Å². The van der Waals surface area contributed by atoms with Crippen LogP contribution in [0.1, 0.15) is 5.56 Å². The Balaban J connectivity index is 2.26. The predicted octanol–water partition coefficient (Wildman–Crippen LogP) is 1.03. The van der Waals surface area contributed by atoms with Crippen LogP contribution in [-0.2, 0) is 16.0 Å². The van der Waals surface area contributed by atoms with E-state index in [9.17, 15) is 4.79 Å². The molecule has 0 N–H and O–H groups in total. The molecular weight excluding hydrogens is 244 g/mol. The summed E-state index contributed by atoms with van der Waals surface area (Å²) in [7, 11) is 1.34. The van der Waals surface area contributed by atoms with Crippen molar-refractivity contribution in [1.82, 2.24) is 20.2 Å². The first-order chi connectivity index (χ1) is 8.20. The molecule has 88 valence electrons. The van der Waals surface area contributed by atoms with E-state index in [1.54, 1.807) is 18.2 Å². The minimum atomic E-state index is -0.331. The zero-order valence-electron chi connectivity index (χ0n) is 9.00. The van der Waals surface area contributed by atoms with Crippen LogP contribution in [0.25, 0.3) is 5.69 Å². The molecular formula is C10H9ClN4O2. The second-order valence-corrected chi connectivity index (χ2v) is 3.69. The number of halogens is 1. The highest BCUT2D eigenvalue weighted by molar-refractivity contribution is 6.31. The smallest absolute Gasteiger partial charge is 0.310 e. The van der Waals surface area contributed by atoms with E-state index in [1.807, 2.05) is 0 Å². The molecule has 2 aromatic rings. The molecule has 0 fully saturated rings. The third-order valence-corrected chi connectivity index (χ3v) is 2.56. The molecule has 0 aliphatic heterocycles. The maximum atomic E-state index is 11.1. The Kier molecular flexibility index (Phi) is 3.34. The highest BCUT2D eigenvalue weighted by Crippen LogP contribution is 2.20. The normalized spacial score (nSPS) is 10.2. The van der Waals surface area contributed by atoms with Crippen molar-refractivity contribution in [2.45, 2.75) is 6.42 Å². The Hall–Kier alpha value is -1.95. The predicted molar refractivity (Wildman–Crippen MR) is 59.9 cm³/mol. The van der Waals surface area contributed by atoms with Gasteiger partial charge in [0.2, 0.25) is 0 Å². The van der Waals surface area contributed by atoms with Gasteiger partial charge in [-0.3, -0.25) is 4.79 Å². The van der Waals surface area contributed by atoms with Crippen LogP contribution in [0.5, 0.6) is 0 Å². The van der Waals surface area contributed by atoms with Gasteiger partial charge in [-0.2, -0.15) is 0 Å². The number of rotatable bonds is 3. The lowest BCUT2D eigenvalue weighted by atomic mass is 10.1. The molecule has 17 heavy (non-hydrogen) atoms. The summed E-state index contributed by atoms with van der Waals surface area (Å²) in [6.07, 6.45) is 1.61. The van der Waals surface area contributed by atoms with E-state index in [4.69, 9.17) is 11.6 Å². The second kappa shape index (κ2) is 4.92. The van der Waals surface area contributed by atoms with Crippen molar-refractivity contribution >= 4 is 17.6 Å². The number of carbonyl (C=O) groups excluding carboxylic acids is 1. The van der Waals surface area contributed by atoms with Crippen LogP contribution < -0.4 is 0 Å². The molecule has 6 nitrogen and oxygen atoms in total. The number of aromatic nitrogens is 4. The van der Waals surface area contributed by atoms with E-state index in [0.717, 1.165) is 5.69 Å². The van der Waals surface area contributed by atoms with Crippen molar-refractivity contribution in [1.29, 1.82) is 0 Å². The van der Waals surface area contributed by atoms with E-state index < -0.39 is 0 Å². The summed E-state index contributed by atoms with van der Waals surface area (Å²) in [5, 5.41) is 11.3. The summed E-state index contributed by atoms with van der Waals surface area (Å²) >= 11 is 6.06. The van der Waals surface area contributed by atoms with Gasteiger partial charge in [0, 0.05) is 5.02 Å². The summed E-state index contributed by atoms with van der Waals surface area (Å²) in [5.74, 6) is -0.331. The van der Waals surface area contributed by atoms with Crippen LogP contribution in [0.2, 0.25) is 5.02 Å². The largest absolute Gasteiger partial charge is 0.469 e. The van der Waals surface area contributed by atoms with Crippen LogP contribution >= 0.6 is 11.6 Å². The molecule has 1 heterocycles. The van der Waals surface area contributed by atoms with Crippen molar-refractivity contribution in [3.63, 3.8) is 0 Å². The number of benzene rings is 1. The number of methoxy groups -OCH3 is 1. The number of hydrogen-bond donors (Lipinski definition) is 0. The van der Waals surface area contributed by atoms with Gasteiger partial charge in [-0.15, -0.1) is 5.10 Å². The molecule has 0 amide bonds. The quantitative estimate of drug-likeness (QED) is 0.763. The zero-order chi connectivity index (χ0) is 12.3. The Morgan fingerprint density at radius 1 is 1.53 bits per heavy atom. The molecule has 7 heteroatoms. The summed E-state index contributed by atoms with van der Waals surface area (Å²) < 4.78 is 6.06. The fourth-order valence-corrected chi connectivity index (χ4v) is 1.57. The summed E-state index contributed by atoms with van der Waals surface area (Å²) in [6, 6.07) is 5.22. The SMILES string of the molecule is COC(=O)Cc1ccc(-n2cnnn2)cc1Cl. The van der Waals surface area contributed by atoms with Crippen LogP contribution in [0, 0.1) is 0 Å². The fraction of sp³-hybridized carbons (Fsp3) is 0.200. The van der Waals surface area contributed by atoms with E-state index >= 15 is 0 Å². The Bertz CT molecular complexity index is 527. The molecule has 1 aromatic carbocycles. The van der Waals surface area contributed by atoms with Crippen molar-refractivity contribution in [2.75, 3.05) is 7.11 Å². The molecule has 0 bridgehead atoms. The van der Waals surface area contributed by atoms with Crippen LogP contribution in [-0.4, -0.2) is 33.3 Å². The summed E-state index contributed by atoms with van der Waals surface area (Å²) in [6.45, 7) is 0. The molecule has 0 aliphatic rings. The lowest BCUT2D eigenvalue weighted by molar-refractivity contribution is -0.139. The average molecular weight is 253 g/mol. The minimum absolute atomic E-state index is 0.144. The summed E-state index contributed by atoms with van der Waals surface area (Å²) in [4.78, 5) is 11.1. The molecule has 0 spiro atoms. The van der Waals surface area contributed by atoms with Gasteiger partial charge in [0.05, 0.1) is 19.2 Å². The Labute approximate surface area is 102 Å². The first-order valence-electron chi connectivity index (χ1n) is 4.79. The number of hydrogen-bond acceptors (Lipinski definition) is 5. The second-order valence-electron chi connectivity index (χ2n) is 3.28. The first kappa shape index (κ1) is 11.5. The highest BCUT2D eigenvalue weighted by Gasteiger charge is 2.08. The number of esters is 1. The minimum Gasteiger partial charge on any atom is -0.469 e. The zero-order valence-corrected chi connectivity index (χ0v) is 9.76. The topological polar surface area (TPSA) is 69.9 Å². The maximum Gasteiger partial charge on any atom is 0.310 e. The Morgan fingerprint density at radius 2 is 2.35 bits per heavy atom. The number of tetrazole rings is 1. The van der Waals surface area contributed by atoms with Crippen LogP contribution in [0.3, 0.4) is 0 Å². The number of ether oxygens (including phenoxy) is 1. The van der Waals surface area contributed by atoms with Crippen molar-refractivity contribution in [2.24, 2.45) is 0 Å². The number of nitrogens with zero attached hydrogens (tertiary/aromatic N) is 4. The molecule has 1 aromatic heterocycles. The molecule has 0 aliphatic carbocycles. The van der Waals surface area contributed by atoms with Crippen molar-refractivity contribution < 1.29 is 9.53 Å². The lowest BCUT2D eigenvalue weighted by Crippen LogP contribution is -2.05. The van der Waals surface area contributed by atoms with Gasteiger partial charge in [-0.05, 0) is 28.1 Å². The fourth-order valence-electron chi connectivity index (χ4n) is 1.33. The lowest BCUT2D eigenvalue weighted by Gasteiger charge is -2.05. The molecule has 0 atom stereocenters. The average Bonchev–Trinajstić information content (AvgIpc) is 2.85. The van der Waals surface area contributed by atoms with Crippen LogP contribution in [0.4, 0.5) is 0 Å². The van der Waals surface area contributed by atoms with Crippen LogP contribution in [0.15, 0.2) is 24.5 Å². The monoisotopic (exact) mass is 252 g/mol. The van der Waals surface area contributed by atoms with Gasteiger partial charge in [-0.25, -0.2) is 4.68 Å². The molecule has 0 radical (unpaired) electrons. The van der Waals surface area contributed by atoms with Gasteiger partial charge >= 0.3 is 5.97 Å². The molecule has 2 rings (SSSR count). The van der Waals surface area contributed by atoms with Gasteiger partial charge in [0.1, 0.15) is 6.33 Å². The van der Waals surface area contributed by atoms with Gasteiger partial charge in [-0.1, -0.05) is 17.7 Å². The van der Waals surface area contributed by atoms with Gasteiger partial charge in [0.15, 0.2) is 0 Å². The third kappa shape index (κ3) is 2.59. The first-order valence-corrected chi connectivity index (χ1v) is 5.17. The Morgan fingerprint density at radius 3 is 2.94 bits per heavy atom. The molecule has 0 saturated heterocycles. The van der Waals surface area contributed by atoms with E-state index in [0.29, 0.717) is 10.6 Å².